The fraction of sp³-hybridized carbons (Fsp3) is 0.688. The van der Waals surface area contributed by atoms with Crippen molar-refractivity contribution in [3.8, 4) is 0 Å². The van der Waals surface area contributed by atoms with Gasteiger partial charge in [0.25, 0.3) is 0 Å². The Morgan fingerprint density at radius 2 is 1.81 bits per heavy atom. The molecule has 114 valence electrons. The molecule has 2 fully saturated rings. The van der Waals surface area contributed by atoms with Gasteiger partial charge in [-0.2, -0.15) is 0 Å². The van der Waals surface area contributed by atoms with E-state index in [9.17, 15) is 14.4 Å². The van der Waals surface area contributed by atoms with Crippen molar-refractivity contribution in [3.63, 3.8) is 0 Å². The number of methoxy groups -OCH3 is 1. The first-order valence-electron chi connectivity index (χ1n) is 7.64. The number of nitrogens with zero attached hydrogens (tertiary/aromatic N) is 1. The Balaban J connectivity index is 1.93. The highest BCUT2D eigenvalue weighted by Crippen LogP contribution is 2.53. The second-order valence-corrected chi connectivity index (χ2v) is 6.40. The summed E-state index contributed by atoms with van der Waals surface area (Å²) in [5, 5.41) is 0. The Labute approximate surface area is 124 Å². The van der Waals surface area contributed by atoms with E-state index in [0.29, 0.717) is 6.42 Å². The highest BCUT2D eigenvalue weighted by atomic mass is 16.5. The van der Waals surface area contributed by atoms with Gasteiger partial charge in [-0.1, -0.05) is 32.4 Å². The van der Waals surface area contributed by atoms with Crippen LogP contribution in [0.4, 0.5) is 0 Å². The molecule has 6 atom stereocenters. The summed E-state index contributed by atoms with van der Waals surface area (Å²) in [4.78, 5) is 38.8. The Bertz CT molecular complexity index is 496. The number of imide groups is 1. The largest absolute Gasteiger partial charge is 0.467 e. The van der Waals surface area contributed by atoms with Crippen LogP contribution in [0.2, 0.25) is 0 Å². The molecule has 1 unspecified atom stereocenters. The lowest BCUT2D eigenvalue weighted by molar-refractivity contribution is -0.159. The quantitative estimate of drug-likeness (QED) is 0.446. The SMILES string of the molecule is CCC(C)[C@@H](C(=O)OC)N1C(=O)[C@@H]2[C@H](C1=O)[C@@H]1C=C[C@H]2C1. The van der Waals surface area contributed by atoms with Gasteiger partial charge in [-0.25, -0.2) is 4.79 Å². The third kappa shape index (κ3) is 1.86. The average Bonchev–Trinajstić information content (AvgIpc) is 3.15. The summed E-state index contributed by atoms with van der Waals surface area (Å²) < 4.78 is 4.84. The summed E-state index contributed by atoms with van der Waals surface area (Å²) in [7, 11) is 1.30. The molecular formula is C16H21NO4. The van der Waals surface area contributed by atoms with Crippen LogP contribution in [-0.2, 0) is 19.1 Å². The fourth-order valence-corrected chi connectivity index (χ4v) is 4.14. The number of amides is 2. The van der Waals surface area contributed by atoms with E-state index in [-0.39, 0.29) is 41.4 Å². The Morgan fingerprint density at radius 1 is 1.29 bits per heavy atom. The van der Waals surface area contributed by atoms with E-state index in [1.165, 1.54) is 12.0 Å². The van der Waals surface area contributed by atoms with Gasteiger partial charge in [-0.15, -0.1) is 0 Å². The molecule has 0 aromatic carbocycles. The van der Waals surface area contributed by atoms with Gasteiger partial charge < -0.3 is 4.74 Å². The normalized spacial score (nSPS) is 36.0. The number of carbonyl (C=O) groups excluding carboxylic acids is 3. The lowest BCUT2D eigenvalue weighted by Gasteiger charge is -2.29. The summed E-state index contributed by atoms with van der Waals surface area (Å²) in [6.07, 6.45) is 5.71. The van der Waals surface area contributed by atoms with Crippen molar-refractivity contribution in [2.75, 3.05) is 7.11 Å². The van der Waals surface area contributed by atoms with E-state index in [1.807, 2.05) is 13.8 Å². The molecule has 0 N–H and O–H groups in total. The lowest BCUT2D eigenvalue weighted by Crippen LogP contribution is -2.50. The van der Waals surface area contributed by atoms with Crippen molar-refractivity contribution in [1.82, 2.24) is 4.90 Å². The number of carbonyl (C=O) groups is 3. The highest BCUT2D eigenvalue weighted by molar-refractivity contribution is 6.09. The van der Waals surface area contributed by atoms with E-state index in [0.717, 1.165) is 6.42 Å². The van der Waals surface area contributed by atoms with Crippen LogP contribution in [0.1, 0.15) is 26.7 Å². The molecule has 5 heteroatoms. The van der Waals surface area contributed by atoms with Gasteiger partial charge >= 0.3 is 5.97 Å². The van der Waals surface area contributed by atoms with Crippen LogP contribution >= 0.6 is 0 Å². The van der Waals surface area contributed by atoms with Crippen LogP contribution in [0.3, 0.4) is 0 Å². The van der Waals surface area contributed by atoms with Crippen LogP contribution in [0.25, 0.3) is 0 Å². The van der Waals surface area contributed by atoms with Crippen molar-refractivity contribution in [2.24, 2.45) is 29.6 Å². The molecule has 1 saturated heterocycles. The summed E-state index contributed by atoms with van der Waals surface area (Å²) in [5.41, 5.74) is 0. The summed E-state index contributed by atoms with van der Waals surface area (Å²) in [6.45, 7) is 3.82. The average molecular weight is 291 g/mol. The molecule has 1 aliphatic heterocycles. The summed E-state index contributed by atoms with van der Waals surface area (Å²) in [6, 6.07) is -0.787. The highest BCUT2D eigenvalue weighted by Gasteiger charge is 2.61. The van der Waals surface area contributed by atoms with Crippen LogP contribution in [-0.4, -0.2) is 35.8 Å². The first kappa shape index (κ1) is 14.3. The molecule has 0 aromatic rings. The molecule has 5 nitrogen and oxygen atoms in total. The minimum absolute atomic E-state index is 0.102. The van der Waals surface area contributed by atoms with Crippen molar-refractivity contribution in [1.29, 1.82) is 0 Å². The molecule has 3 rings (SSSR count). The molecular weight excluding hydrogens is 270 g/mol. The van der Waals surface area contributed by atoms with Crippen molar-refractivity contribution >= 4 is 17.8 Å². The van der Waals surface area contributed by atoms with Crippen LogP contribution in [0, 0.1) is 29.6 Å². The third-order valence-electron chi connectivity index (χ3n) is 5.41. The number of likely N-dealkylation sites (tertiary alicyclic amines) is 1. The van der Waals surface area contributed by atoms with Crippen LogP contribution in [0.15, 0.2) is 12.2 Å². The number of allylic oxidation sites excluding steroid dienone is 2. The summed E-state index contributed by atoms with van der Waals surface area (Å²) >= 11 is 0. The molecule has 21 heavy (non-hydrogen) atoms. The van der Waals surface area contributed by atoms with Crippen molar-refractivity contribution < 1.29 is 19.1 Å². The number of esters is 1. The number of hydrogen-bond donors (Lipinski definition) is 0. The maximum Gasteiger partial charge on any atom is 0.329 e. The van der Waals surface area contributed by atoms with Gasteiger partial charge in [0, 0.05) is 0 Å². The number of hydrogen-bond acceptors (Lipinski definition) is 4. The number of rotatable bonds is 4. The Kier molecular flexibility index (Phi) is 3.38. The van der Waals surface area contributed by atoms with E-state index in [4.69, 9.17) is 4.74 Å². The van der Waals surface area contributed by atoms with E-state index in [1.54, 1.807) is 0 Å². The number of fused-ring (bicyclic) bond motifs is 5. The predicted octanol–water partition coefficient (Wildman–Crippen LogP) is 1.38. The van der Waals surface area contributed by atoms with Gasteiger partial charge in [0.1, 0.15) is 6.04 Å². The van der Waals surface area contributed by atoms with Crippen LogP contribution < -0.4 is 0 Å². The zero-order valence-electron chi connectivity index (χ0n) is 12.6. The van der Waals surface area contributed by atoms with E-state index in [2.05, 4.69) is 12.2 Å². The van der Waals surface area contributed by atoms with Gasteiger partial charge in [-0.3, -0.25) is 14.5 Å². The van der Waals surface area contributed by atoms with Crippen molar-refractivity contribution in [2.45, 2.75) is 32.7 Å². The number of ether oxygens (including phenoxy) is 1. The van der Waals surface area contributed by atoms with Crippen LogP contribution in [0.5, 0.6) is 0 Å². The smallest absolute Gasteiger partial charge is 0.329 e. The molecule has 1 saturated carbocycles. The predicted molar refractivity (Wildman–Crippen MR) is 74.8 cm³/mol. The molecule has 2 amide bonds. The second-order valence-electron chi connectivity index (χ2n) is 6.40. The molecule has 0 radical (unpaired) electrons. The minimum atomic E-state index is -0.787. The summed E-state index contributed by atoms with van der Waals surface area (Å²) in [5.74, 6) is -1.16. The lowest BCUT2D eigenvalue weighted by atomic mass is 9.85. The second kappa shape index (κ2) is 4.97. The topological polar surface area (TPSA) is 63.7 Å². The third-order valence-corrected chi connectivity index (χ3v) is 5.41. The van der Waals surface area contributed by atoms with Crippen molar-refractivity contribution in [3.05, 3.63) is 12.2 Å². The molecule has 3 aliphatic rings. The minimum Gasteiger partial charge on any atom is -0.467 e. The van der Waals surface area contributed by atoms with E-state index < -0.39 is 12.0 Å². The molecule has 0 spiro atoms. The first-order chi connectivity index (χ1) is 10.0. The monoisotopic (exact) mass is 291 g/mol. The zero-order valence-corrected chi connectivity index (χ0v) is 12.6. The maximum absolute atomic E-state index is 12.7. The Hall–Kier alpha value is -1.65. The molecule has 2 aliphatic carbocycles. The molecule has 2 bridgehead atoms. The standard InChI is InChI=1S/C16H21NO4/c1-4-8(2)13(16(20)21-3)17-14(18)11-9-5-6-10(7-9)12(11)15(17)19/h5-6,8-13H,4,7H2,1-3H3/t8?,9-,10+,11-,12+,13-/m0/s1. The fourth-order valence-electron chi connectivity index (χ4n) is 4.14. The zero-order chi connectivity index (χ0) is 15.3. The van der Waals surface area contributed by atoms with Gasteiger partial charge in [0.05, 0.1) is 18.9 Å². The first-order valence-corrected chi connectivity index (χ1v) is 7.64. The molecule has 1 heterocycles. The van der Waals surface area contributed by atoms with Gasteiger partial charge in [-0.05, 0) is 24.2 Å². The van der Waals surface area contributed by atoms with Gasteiger partial charge in [0.2, 0.25) is 11.8 Å². The maximum atomic E-state index is 12.7. The Morgan fingerprint density at radius 3 is 2.24 bits per heavy atom. The van der Waals surface area contributed by atoms with Gasteiger partial charge in [0.15, 0.2) is 0 Å². The van der Waals surface area contributed by atoms with E-state index >= 15 is 0 Å². The molecule has 0 aromatic heterocycles.